The number of fused-ring (bicyclic) bond motifs is 1. The van der Waals surface area contributed by atoms with Crippen LogP contribution in [0.5, 0.6) is 11.5 Å². The second kappa shape index (κ2) is 6.35. The summed E-state index contributed by atoms with van der Waals surface area (Å²) in [6.45, 7) is 4.96. The molecule has 0 saturated carbocycles. The van der Waals surface area contributed by atoms with Gasteiger partial charge in [0.2, 0.25) is 5.91 Å². The van der Waals surface area contributed by atoms with E-state index in [9.17, 15) is 4.79 Å². The minimum absolute atomic E-state index is 0.0322. The van der Waals surface area contributed by atoms with Gasteiger partial charge in [-0.3, -0.25) is 4.79 Å². The van der Waals surface area contributed by atoms with Crippen LogP contribution in [0.2, 0.25) is 0 Å². The van der Waals surface area contributed by atoms with Crippen LogP contribution in [0, 0.1) is 5.92 Å². The SMILES string of the molecule is CC(NC(=O)C1CCCNC1)c1ccc2c(c1)OCCO2. The molecule has 1 aromatic rings. The molecule has 1 saturated heterocycles. The molecule has 0 aliphatic carbocycles. The fraction of sp³-hybridized carbons (Fsp3) is 0.562. The molecule has 114 valence electrons. The maximum absolute atomic E-state index is 12.3. The monoisotopic (exact) mass is 290 g/mol. The minimum atomic E-state index is -0.0322. The number of nitrogens with one attached hydrogen (secondary N) is 2. The molecule has 0 bridgehead atoms. The fourth-order valence-corrected chi connectivity index (χ4v) is 2.82. The van der Waals surface area contributed by atoms with Gasteiger partial charge >= 0.3 is 0 Å². The summed E-state index contributed by atoms with van der Waals surface area (Å²) >= 11 is 0. The van der Waals surface area contributed by atoms with Gasteiger partial charge in [0.15, 0.2) is 11.5 Å². The van der Waals surface area contributed by atoms with Gasteiger partial charge in [0.25, 0.3) is 0 Å². The Balaban J connectivity index is 1.64. The Labute approximate surface area is 125 Å². The maximum Gasteiger partial charge on any atom is 0.224 e. The van der Waals surface area contributed by atoms with Crippen LogP contribution in [0.1, 0.15) is 31.4 Å². The molecule has 3 rings (SSSR count). The van der Waals surface area contributed by atoms with Crippen molar-refractivity contribution in [1.82, 2.24) is 10.6 Å². The number of benzene rings is 1. The Morgan fingerprint density at radius 2 is 2.14 bits per heavy atom. The smallest absolute Gasteiger partial charge is 0.224 e. The number of amides is 1. The summed E-state index contributed by atoms with van der Waals surface area (Å²) < 4.78 is 11.1. The molecule has 2 atom stereocenters. The summed E-state index contributed by atoms with van der Waals surface area (Å²) in [5, 5.41) is 6.37. The van der Waals surface area contributed by atoms with Crippen LogP contribution in [0.15, 0.2) is 18.2 Å². The zero-order valence-corrected chi connectivity index (χ0v) is 12.4. The van der Waals surface area contributed by atoms with Gasteiger partial charge in [0.1, 0.15) is 13.2 Å². The van der Waals surface area contributed by atoms with Crippen molar-refractivity contribution in [1.29, 1.82) is 0 Å². The third-order valence-electron chi connectivity index (χ3n) is 4.09. The first-order valence-corrected chi connectivity index (χ1v) is 7.64. The van der Waals surface area contributed by atoms with Crippen LogP contribution >= 0.6 is 0 Å². The van der Waals surface area contributed by atoms with Crippen LogP contribution in [0.4, 0.5) is 0 Å². The summed E-state index contributed by atoms with van der Waals surface area (Å²) in [6.07, 6.45) is 2.03. The lowest BCUT2D eigenvalue weighted by Gasteiger charge is -2.25. The van der Waals surface area contributed by atoms with Gasteiger partial charge in [-0.15, -0.1) is 0 Å². The van der Waals surface area contributed by atoms with Crippen molar-refractivity contribution in [3.8, 4) is 11.5 Å². The zero-order chi connectivity index (χ0) is 14.7. The number of ether oxygens (including phenoxy) is 2. The van der Waals surface area contributed by atoms with E-state index < -0.39 is 0 Å². The van der Waals surface area contributed by atoms with E-state index in [1.807, 2.05) is 25.1 Å². The highest BCUT2D eigenvalue weighted by Crippen LogP contribution is 2.32. The first-order chi connectivity index (χ1) is 10.2. The average Bonchev–Trinajstić information content (AvgIpc) is 2.55. The Bertz CT molecular complexity index is 512. The molecule has 2 unspecified atom stereocenters. The van der Waals surface area contributed by atoms with Gasteiger partial charge in [0.05, 0.1) is 12.0 Å². The molecule has 2 N–H and O–H groups in total. The summed E-state index contributed by atoms with van der Waals surface area (Å²) in [6, 6.07) is 5.82. The molecule has 1 amide bonds. The lowest BCUT2D eigenvalue weighted by molar-refractivity contribution is -0.126. The van der Waals surface area contributed by atoms with Crippen LogP contribution in [-0.4, -0.2) is 32.2 Å². The molecular formula is C16H22N2O3. The van der Waals surface area contributed by atoms with Gasteiger partial charge in [0, 0.05) is 6.54 Å². The minimum Gasteiger partial charge on any atom is -0.486 e. The van der Waals surface area contributed by atoms with Crippen molar-refractivity contribution in [2.75, 3.05) is 26.3 Å². The molecule has 1 aromatic carbocycles. The highest BCUT2D eigenvalue weighted by atomic mass is 16.6. The quantitative estimate of drug-likeness (QED) is 0.888. The van der Waals surface area contributed by atoms with Gasteiger partial charge in [-0.05, 0) is 44.0 Å². The molecule has 0 radical (unpaired) electrons. The van der Waals surface area contributed by atoms with E-state index in [4.69, 9.17) is 9.47 Å². The van der Waals surface area contributed by atoms with Crippen molar-refractivity contribution in [3.05, 3.63) is 23.8 Å². The first-order valence-electron chi connectivity index (χ1n) is 7.64. The zero-order valence-electron chi connectivity index (χ0n) is 12.4. The summed E-state index contributed by atoms with van der Waals surface area (Å²) in [7, 11) is 0. The average molecular weight is 290 g/mol. The van der Waals surface area contributed by atoms with Crippen molar-refractivity contribution < 1.29 is 14.3 Å². The molecular weight excluding hydrogens is 268 g/mol. The first kappa shape index (κ1) is 14.2. The van der Waals surface area contributed by atoms with Crippen molar-refractivity contribution >= 4 is 5.91 Å². The predicted molar refractivity (Wildman–Crippen MR) is 79.6 cm³/mol. The number of hydrogen-bond acceptors (Lipinski definition) is 4. The molecule has 21 heavy (non-hydrogen) atoms. The van der Waals surface area contributed by atoms with Crippen LogP contribution < -0.4 is 20.1 Å². The van der Waals surface area contributed by atoms with Crippen molar-refractivity contribution in [2.24, 2.45) is 5.92 Å². The third-order valence-corrected chi connectivity index (χ3v) is 4.09. The molecule has 2 aliphatic heterocycles. The second-order valence-corrected chi connectivity index (χ2v) is 5.68. The summed E-state index contributed by atoms with van der Waals surface area (Å²) in [4.78, 5) is 12.3. The second-order valence-electron chi connectivity index (χ2n) is 5.68. The van der Waals surface area contributed by atoms with Gasteiger partial charge in [-0.2, -0.15) is 0 Å². The number of rotatable bonds is 3. The van der Waals surface area contributed by atoms with E-state index in [2.05, 4.69) is 10.6 Å². The lowest BCUT2D eigenvalue weighted by Crippen LogP contribution is -2.41. The Hall–Kier alpha value is -1.75. The third kappa shape index (κ3) is 3.29. The summed E-state index contributed by atoms with van der Waals surface area (Å²) in [5.41, 5.74) is 1.04. The molecule has 0 spiro atoms. The number of carbonyl (C=O) groups excluding carboxylic acids is 1. The maximum atomic E-state index is 12.3. The van der Waals surface area contributed by atoms with Gasteiger partial charge in [-0.1, -0.05) is 6.07 Å². The molecule has 1 fully saturated rings. The van der Waals surface area contributed by atoms with Crippen molar-refractivity contribution in [3.63, 3.8) is 0 Å². The lowest BCUT2D eigenvalue weighted by atomic mass is 9.98. The van der Waals surface area contributed by atoms with E-state index in [-0.39, 0.29) is 17.9 Å². The summed E-state index contributed by atoms with van der Waals surface area (Å²) in [5.74, 6) is 1.75. The topological polar surface area (TPSA) is 59.6 Å². The van der Waals surface area contributed by atoms with E-state index >= 15 is 0 Å². The van der Waals surface area contributed by atoms with Gasteiger partial charge in [-0.25, -0.2) is 0 Å². The van der Waals surface area contributed by atoms with Crippen molar-refractivity contribution in [2.45, 2.75) is 25.8 Å². The standard InChI is InChI=1S/C16H22N2O3/c1-11(18-16(19)13-3-2-6-17-10-13)12-4-5-14-15(9-12)21-8-7-20-14/h4-5,9,11,13,17H,2-3,6-8,10H2,1H3,(H,18,19). The molecule has 2 heterocycles. The van der Waals surface area contributed by atoms with Gasteiger partial charge < -0.3 is 20.1 Å². The fourth-order valence-electron chi connectivity index (χ4n) is 2.82. The van der Waals surface area contributed by atoms with E-state index in [0.29, 0.717) is 13.2 Å². The largest absolute Gasteiger partial charge is 0.486 e. The Kier molecular flexibility index (Phi) is 4.29. The molecule has 0 aromatic heterocycles. The van der Waals surface area contributed by atoms with Crippen LogP contribution in [0.3, 0.4) is 0 Å². The molecule has 5 heteroatoms. The Morgan fingerprint density at radius 1 is 1.33 bits per heavy atom. The number of carbonyl (C=O) groups is 1. The number of piperidine rings is 1. The Morgan fingerprint density at radius 3 is 2.90 bits per heavy atom. The molecule has 2 aliphatic rings. The van der Waals surface area contributed by atoms with E-state index in [1.165, 1.54) is 0 Å². The van der Waals surface area contributed by atoms with Crippen LogP contribution in [0.25, 0.3) is 0 Å². The molecule has 5 nitrogen and oxygen atoms in total. The normalized spacial score (nSPS) is 22.4. The highest BCUT2D eigenvalue weighted by Gasteiger charge is 2.23. The predicted octanol–water partition coefficient (Wildman–Crippen LogP) is 1.63. The van der Waals surface area contributed by atoms with E-state index in [0.717, 1.165) is 43.0 Å². The van der Waals surface area contributed by atoms with E-state index in [1.54, 1.807) is 0 Å². The highest BCUT2D eigenvalue weighted by molar-refractivity contribution is 5.79. The van der Waals surface area contributed by atoms with Crippen LogP contribution in [-0.2, 0) is 4.79 Å². The number of hydrogen-bond donors (Lipinski definition) is 2.